The minimum atomic E-state index is -0.589. The molecule has 1 aliphatic rings. The Kier molecular flexibility index (Phi) is 4.40. The largest absolute Gasteiger partial charge is 0.392 e. The van der Waals surface area contributed by atoms with Crippen LogP contribution in [0.1, 0.15) is 24.5 Å². The van der Waals surface area contributed by atoms with Crippen molar-refractivity contribution < 1.29 is 10.2 Å². The molecular formula is C13H18ClNO2. The van der Waals surface area contributed by atoms with E-state index in [0.29, 0.717) is 18.1 Å². The van der Waals surface area contributed by atoms with Crippen molar-refractivity contribution in [3.8, 4) is 0 Å². The molecular weight excluding hydrogens is 238 g/mol. The van der Waals surface area contributed by atoms with Crippen LogP contribution < -0.4 is 0 Å². The molecule has 0 amide bonds. The third-order valence-corrected chi connectivity index (χ3v) is 3.52. The van der Waals surface area contributed by atoms with Crippen LogP contribution in [0.2, 0.25) is 5.02 Å². The molecule has 0 spiro atoms. The van der Waals surface area contributed by atoms with E-state index in [9.17, 15) is 10.2 Å². The number of hydrogen-bond donors (Lipinski definition) is 2. The second kappa shape index (κ2) is 5.83. The topological polar surface area (TPSA) is 43.7 Å². The highest BCUT2D eigenvalue weighted by Gasteiger charge is 2.21. The lowest BCUT2D eigenvalue weighted by atomic mass is 10.1. The van der Waals surface area contributed by atoms with Crippen molar-refractivity contribution in [3.05, 3.63) is 34.9 Å². The maximum absolute atomic E-state index is 10.1. The minimum absolute atomic E-state index is 0.262. The van der Waals surface area contributed by atoms with Crippen LogP contribution in [0.15, 0.2) is 24.3 Å². The Balaban J connectivity index is 1.97. The van der Waals surface area contributed by atoms with E-state index in [1.165, 1.54) is 0 Å². The molecule has 1 aliphatic heterocycles. The van der Waals surface area contributed by atoms with Crippen molar-refractivity contribution in [3.63, 3.8) is 0 Å². The van der Waals surface area contributed by atoms with Crippen LogP contribution in [-0.2, 0) is 0 Å². The van der Waals surface area contributed by atoms with Crippen LogP contribution in [0.3, 0.4) is 0 Å². The van der Waals surface area contributed by atoms with Gasteiger partial charge in [-0.25, -0.2) is 0 Å². The molecule has 3 nitrogen and oxygen atoms in total. The molecule has 2 atom stereocenters. The standard InChI is InChI=1S/C13H18ClNO2/c14-12-6-2-1-5-11(12)13(17)9-15-7-3-4-10(16)8-15/h1-2,5-6,10,13,16-17H,3-4,7-9H2. The lowest BCUT2D eigenvalue weighted by molar-refractivity contribution is 0.0392. The van der Waals surface area contributed by atoms with E-state index >= 15 is 0 Å². The van der Waals surface area contributed by atoms with E-state index in [4.69, 9.17) is 11.6 Å². The van der Waals surface area contributed by atoms with Crippen LogP contribution in [0.25, 0.3) is 0 Å². The zero-order chi connectivity index (χ0) is 12.3. The van der Waals surface area contributed by atoms with E-state index in [0.717, 1.165) is 24.9 Å². The fourth-order valence-corrected chi connectivity index (χ4v) is 2.55. The first kappa shape index (κ1) is 12.8. The quantitative estimate of drug-likeness (QED) is 0.866. The fourth-order valence-electron chi connectivity index (χ4n) is 2.29. The minimum Gasteiger partial charge on any atom is -0.392 e. The normalized spacial score (nSPS) is 23.6. The van der Waals surface area contributed by atoms with Gasteiger partial charge in [-0.15, -0.1) is 0 Å². The van der Waals surface area contributed by atoms with Gasteiger partial charge in [0, 0.05) is 23.7 Å². The average molecular weight is 256 g/mol. The molecule has 0 bridgehead atoms. The maximum atomic E-state index is 10.1. The molecule has 0 aliphatic carbocycles. The fraction of sp³-hybridized carbons (Fsp3) is 0.538. The molecule has 2 N–H and O–H groups in total. The molecule has 2 unspecified atom stereocenters. The van der Waals surface area contributed by atoms with Crippen molar-refractivity contribution in [2.45, 2.75) is 25.0 Å². The van der Waals surface area contributed by atoms with Gasteiger partial charge in [0.25, 0.3) is 0 Å². The monoisotopic (exact) mass is 255 g/mol. The number of aliphatic hydroxyl groups excluding tert-OH is 2. The van der Waals surface area contributed by atoms with E-state index in [-0.39, 0.29) is 6.10 Å². The first-order valence-electron chi connectivity index (χ1n) is 5.99. The molecule has 0 saturated carbocycles. The van der Waals surface area contributed by atoms with Gasteiger partial charge in [-0.05, 0) is 25.5 Å². The Morgan fingerprint density at radius 1 is 1.41 bits per heavy atom. The zero-order valence-corrected chi connectivity index (χ0v) is 10.5. The van der Waals surface area contributed by atoms with E-state index in [1.807, 2.05) is 18.2 Å². The summed E-state index contributed by atoms with van der Waals surface area (Å²) in [6, 6.07) is 7.34. The molecule has 1 fully saturated rings. The molecule has 1 heterocycles. The average Bonchev–Trinajstić information content (AvgIpc) is 2.29. The lowest BCUT2D eigenvalue weighted by Gasteiger charge is -2.31. The van der Waals surface area contributed by atoms with Crippen LogP contribution in [0, 0.1) is 0 Å². The number of likely N-dealkylation sites (tertiary alicyclic amines) is 1. The van der Waals surface area contributed by atoms with Crippen LogP contribution in [-0.4, -0.2) is 40.9 Å². The Bertz CT molecular complexity index is 372. The molecule has 0 radical (unpaired) electrons. The predicted octanol–water partition coefficient (Wildman–Crippen LogP) is 1.83. The Morgan fingerprint density at radius 3 is 2.88 bits per heavy atom. The van der Waals surface area contributed by atoms with Crippen LogP contribution in [0.5, 0.6) is 0 Å². The van der Waals surface area contributed by atoms with Crippen LogP contribution in [0.4, 0.5) is 0 Å². The van der Waals surface area contributed by atoms with E-state index in [1.54, 1.807) is 6.07 Å². The summed E-state index contributed by atoms with van der Waals surface area (Å²) in [5.74, 6) is 0. The van der Waals surface area contributed by atoms with Gasteiger partial charge in [-0.2, -0.15) is 0 Å². The Labute approximate surface area is 107 Å². The summed E-state index contributed by atoms with van der Waals surface area (Å²) in [6.07, 6.45) is 0.992. The van der Waals surface area contributed by atoms with Gasteiger partial charge in [0.15, 0.2) is 0 Å². The van der Waals surface area contributed by atoms with Gasteiger partial charge in [0.1, 0.15) is 0 Å². The van der Waals surface area contributed by atoms with Gasteiger partial charge >= 0.3 is 0 Å². The summed E-state index contributed by atoms with van der Waals surface area (Å²) in [4.78, 5) is 2.09. The predicted molar refractivity (Wildman–Crippen MR) is 68.1 cm³/mol. The highest BCUT2D eigenvalue weighted by Crippen LogP contribution is 2.24. The molecule has 1 aromatic rings. The second-order valence-corrected chi connectivity index (χ2v) is 5.00. The van der Waals surface area contributed by atoms with Gasteiger partial charge < -0.3 is 10.2 Å². The highest BCUT2D eigenvalue weighted by atomic mass is 35.5. The number of halogens is 1. The van der Waals surface area contributed by atoms with Crippen molar-refractivity contribution in [1.29, 1.82) is 0 Å². The zero-order valence-electron chi connectivity index (χ0n) is 9.72. The molecule has 17 heavy (non-hydrogen) atoms. The number of nitrogens with zero attached hydrogens (tertiary/aromatic N) is 1. The molecule has 94 valence electrons. The van der Waals surface area contributed by atoms with Crippen molar-refractivity contribution >= 4 is 11.6 Å². The van der Waals surface area contributed by atoms with E-state index < -0.39 is 6.10 Å². The number of aliphatic hydroxyl groups is 2. The van der Waals surface area contributed by atoms with Gasteiger partial charge in [0.05, 0.1) is 12.2 Å². The Hall–Kier alpha value is -0.610. The highest BCUT2D eigenvalue weighted by molar-refractivity contribution is 6.31. The van der Waals surface area contributed by atoms with Crippen molar-refractivity contribution in [2.24, 2.45) is 0 Å². The number of piperidine rings is 1. The third-order valence-electron chi connectivity index (χ3n) is 3.18. The molecule has 1 saturated heterocycles. The number of hydrogen-bond acceptors (Lipinski definition) is 3. The summed E-state index contributed by atoms with van der Waals surface area (Å²) < 4.78 is 0. The summed E-state index contributed by atoms with van der Waals surface area (Å²) >= 11 is 6.04. The van der Waals surface area contributed by atoms with Gasteiger partial charge in [-0.1, -0.05) is 29.8 Å². The molecule has 0 aromatic heterocycles. The van der Waals surface area contributed by atoms with E-state index in [2.05, 4.69) is 4.90 Å². The van der Waals surface area contributed by atoms with Crippen molar-refractivity contribution in [1.82, 2.24) is 4.90 Å². The number of rotatable bonds is 3. The van der Waals surface area contributed by atoms with Gasteiger partial charge in [-0.3, -0.25) is 4.90 Å². The third kappa shape index (κ3) is 3.42. The van der Waals surface area contributed by atoms with Crippen molar-refractivity contribution in [2.75, 3.05) is 19.6 Å². The number of β-amino-alcohol motifs (C(OH)–C–C–N with tert-alkyl or cyclic N) is 2. The summed E-state index contributed by atoms with van der Waals surface area (Å²) in [5, 5.41) is 20.3. The summed E-state index contributed by atoms with van der Waals surface area (Å²) in [7, 11) is 0. The second-order valence-electron chi connectivity index (χ2n) is 4.59. The first-order valence-corrected chi connectivity index (χ1v) is 6.37. The summed E-state index contributed by atoms with van der Waals surface area (Å²) in [5.41, 5.74) is 0.759. The smallest absolute Gasteiger partial charge is 0.0931 e. The summed E-state index contributed by atoms with van der Waals surface area (Å²) in [6.45, 7) is 2.10. The Morgan fingerprint density at radius 2 is 2.18 bits per heavy atom. The number of benzene rings is 1. The maximum Gasteiger partial charge on any atom is 0.0931 e. The van der Waals surface area contributed by atoms with Crippen LogP contribution >= 0.6 is 11.6 Å². The first-order chi connectivity index (χ1) is 8.16. The SMILES string of the molecule is OC1CCCN(CC(O)c2ccccc2Cl)C1. The molecule has 2 rings (SSSR count). The van der Waals surface area contributed by atoms with Gasteiger partial charge in [0.2, 0.25) is 0 Å². The molecule has 4 heteroatoms. The molecule has 1 aromatic carbocycles. The lowest BCUT2D eigenvalue weighted by Crippen LogP contribution is -2.40.